The quantitative estimate of drug-likeness (QED) is 0.364. The number of halogens is 2. The summed E-state index contributed by atoms with van der Waals surface area (Å²) in [5, 5.41) is 0. The molecule has 0 aliphatic rings. The van der Waals surface area contributed by atoms with Gasteiger partial charge in [0.15, 0.2) is 0 Å². The van der Waals surface area contributed by atoms with Crippen molar-refractivity contribution in [3.8, 4) is 0 Å². The van der Waals surface area contributed by atoms with Crippen LogP contribution >= 0.6 is 22.2 Å². The zero-order valence-electron chi connectivity index (χ0n) is 5.49. The van der Waals surface area contributed by atoms with Crippen LogP contribution in [0.2, 0.25) is 0 Å². The average Bonchev–Trinajstić information content (AvgIpc) is 1.80. The summed E-state index contributed by atoms with van der Waals surface area (Å²) >= 11 is 10.8. The van der Waals surface area contributed by atoms with Crippen LogP contribution in [0.25, 0.3) is 0 Å². The lowest BCUT2D eigenvalue weighted by atomic mass is 10.3. The minimum Gasteiger partial charge on any atom is -0.391 e. The normalized spacial score (nSPS) is 10.7. The van der Waals surface area contributed by atoms with Crippen LogP contribution in [-0.4, -0.2) is 14.3 Å². The van der Waals surface area contributed by atoms with E-state index in [-0.39, 0.29) is 0 Å². The fourth-order valence-electron chi connectivity index (χ4n) is 0.501. The summed E-state index contributed by atoms with van der Waals surface area (Å²) in [5.74, 6) is 0. The van der Waals surface area contributed by atoms with Gasteiger partial charge >= 0.3 is 7.66 Å². The van der Waals surface area contributed by atoms with Gasteiger partial charge < -0.3 is 4.43 Å². The third-order valence-corrected chi connectivity index (χ3v) is 2.04. The number of hydrogen-bond acceptors (Lipinski definition) is 1. The van der Waals surface area contributed by atoms with Crippen molar-refractivity contribution in [2.75, 3.05) is 6.61 Å². The number of unbranched alkanes of at least 4 members (excludes halogenated alkanes) is 2. The highest BCUT2D eigenvalue weighted by atomic mass is 35.7. The molecule has 0 unspecified atom stereocenters. The molecule has 9 heavy (non-hydrogen) atoms. The Morgan fingerprint density at radius 1 is 1.33 bits per heavy atom. The summed E-state index contributed by atoms with van der Waals surface area (Å²) in [5.41, 5.74) is 0. The first kappa shape index (κ1) is 9.76. The molecule has 1 radical (unpaired) electrons. The molecule has 0 rings (SSSR count). The Morgan fingerprint density at radius 3 is 2.44 bits per heavy atom. The number of rotatable bonds is 5. The Labute approximate surface area is 67.4 Å². The fraction of sp³-hybridized carbons (Fsp3) is 1.00. The molecule has 1 nitrogen and oxygen atoms in total. The maximum atomic E-state index is 5.40. The Kier molecular flexibility index (Phi) is 7.45. The van der Waals surface area contributed by atoms with E-state index in [1.807, 2.05) is 0 Å². The molecule has 0 N–H and O–H groups in total. The highest BCUT2D eigenvalue weighted by Crippen LogP contribution is 2.00. The Bertz CT molecular complexity index is 60.9. The van der Waals surface area contributed by atoms with Crippen molar-refractivity contribution in [3.05, 3.63) is 0 Å². The molecule has 0 heterocycles. The van der Waals surface area contributed by atoms with E-state index in [1.54, 1.807) is 0 Å². The lowest BCUT2D eigenvalue weighted by Gasteiger charge is -1.99. The van der Waals surface area contributed by atoms with Gasteiger partial charge in [-0.25, -0.2) is 0 Å². The molecule has 0 aromatic carbocycles. The van der Waals surface area contributed by atoms with E-state index in [2.05, 4.69) is 6.92 Å². The Morgan fingerprint density at radius 2 is 2.00 bits per heavy atom. The van der Waals surface area contributed by atoms with E-state index >= 15 is 0 Å². The minimum atomic E-state index is -1.47. The zero-order chi connectivity index (χ0) is 7.11. The molecule has 0 atom stereocenters. The SMILES string of the molecule is CCCCCO[Si](Cl)Cl. The van der Waals surface area contributed by atoms with Crippen LogP contribution < -0.4 is 0 Å². The molecule has 0 aromatic rings. The lowest BCUT2D eigenvalue weighted by Crippen LogP contribution is -2.02. The van der Waals surface area contributed by atoms with Gasteiger partial charge in [-0.15, -0.1) is 22.2 Å². The maximum absolute atomic E-state index is 5.40. The molecule has 55 valence electrons. The molecule has 4 heteroatoms. The molecular formula is C5H11Cl2OSi. The highest BCUT2D eigenvalue weighted by Gasteiger charge is 2.01. The van der Waals surface area contributed by atoms with Crippen LogP contribution in [0.4, 0.5) is 0 Å². The Balaban J connectivity index is 2.75. The van der Waals surface area contributed by atoms with Crippen molar-refractivity contribution in [2.24, 2.45) is 0 Å². The largest absolute Gasteiger partial charge is 0.438 e. The van der Waals surface area contributed by atoms with Gasteiger partial charge in [-0.2, -0.15) is 0 Å². The molecule has 0 bridgehead atoms. The standard InChI is InChI=1S/C5H11Cl2OSi/c1-2-3-4-5-8-9(6)7/h2-5H2,1H3. The molecule has 0 spiro atoms. The molecule has 0 aliphatic heterocycles. The highest BCUT2D eigenvalue weighted by molar-refractivity contribution is 7.30. The van der Waals surface area contributed by atoms with Gasteiger partial charge in [-0.3, -0.25) is 0 Å². The van der Waals surface area contributed by atoms with Gasteiger partial charge in [-0.05, 0) is 6.42 Å². The Hall–Kier alpha value is 0.757. The zero-order valence-corrected chi connectivity index (χ0v) is 8.00. The molecule has 0 aliphatic carbocycles. The van der Waals surface area contributed by atoms with Gasteiger partial charge in [0.25, 0.3) is 0 Å². The van der Waals surface area contributed by atoms with Crippen LogP contribution in [0.5, 0.6) is 0 Å². The first-order valence-corrected chi connectivity index (χ1v) is 6.51. The molecule has 0 aromatic heterocycles. The van der Waals surface area contributed by atoms with E-state index in [0.717, 1.165) is 13.0 Å². The molecular weight excluding hydrogens is 175 g/mol. The van der Waals surface area contributed by atoms with E-state index in [0.29, 0.717) is 0 Å². The lowest BCUT2D eigenvalue weighted by molar-refractivity contribution is 0.327. The van der Waals surface area contributed by atoms with Crippen molar-refractivity contribution in [1.29, 1.82) is 0 Å². The maximum Gasteiger partial charge on any atom is 0.438 e. The third kappa shape index (κ3) is 8.76. The predicted molar refractivity (Wildman–Crippen MR) is 42.9 cm³/mol. The van der Waals surface area contributed by atoms with Crippen LogP contribution in [0.1, 0.15) is 26.2 Å². The topological polar surface area (TPSA) is 9.23 Å². The summed E-state index contributed by atoms with van der Waals surface area (Å²) in [7, 11) is -1.47. The van der Waals surface area contributed by atoms with E-state index in [1.165, 1.54) is 12.8 Å². The van der Waals surface area contributed by atoms with Gasteiger partial charge in [0.05, 0.1) is 0 Å². The van der Waals surface area contributed by atoms with E-state index < -0.39 is 7.66 Å². The van der Waals surface area contributed by atoms with Gasteiger partial charge in [-0.1, -0.05) is 19.8 Å². The molecule has 0 saturated heterocycles. The van der Waals surface area contributed by atoms with Gasteiger partial charge in [0, 0.05) is 6.61 Å². The second kappa shape index (κ2) is 6.87. The molecule has 0 fully saturated rings. The van der Waals surface area contributed by atoms with Crippen LogP contribution in [0, 0.1) is 0 Å². The van der Waals surface area contributed by atoms with E-state index in [4.69, 9.17) is 26.6 Å². The monoisotopic (exact) mass is 185 g/mol. The van der Waals surface area contributed by atoms with Gasteiger partial charge in [0.2, 0.25) is 0 Å². The molecule has 0 amide bonds. The first-order valence-electron chi connectivity index (χ1n) is 3.08. The summed E-state index contributed by atoms with van der Waals surface area (Å²) in [6.07, 6.45) is 3.48. The molecule has 0 saturated carbocycles. The van der Waals surface area contributed by atoms with Crippen molar-refractivity contribution in [3.63, 3.8) is 0 Å². The van der Waals surface area contributed by atoms with Crippen molar-refractivity contribution >= 4 is 29.8 Å². The summed E-state index contributed by atoms with van der Waals surface area (Å²) in [6, 6.07) is 0. The second-order valence-electron chi connectivity index (χ2n) is 1.78. The average molecular weight is 186 g/mol. The summed E-state index contributed by atoms with van der Waals surface area (Å²) in [6.45, 7) is 2.86. The van der Waals surface area contributed by atoms with Crippen molar-refractivity contribution in [2.45, 2.75) is 26.2 Å². The third-order valence-electron chi connectivity index (χ3n) is 0.959. The smallest absolute Gasteiger partial charge is 0.391 e. The summed E-state index contributed by atoms with van der Waals surface area (Å²) < 4.78 is 4.98. The summed E-state index contributed by atoms with van der Waals surface area (Å²) in [4.78, 5) is 0. The van der Waals surface area contributed by atoms with Crippen LogP contribution in [0.15, 0.2) is 0 Å². The predicted octanol–water partition coefficient (Wildman–Crippen LogP) is 2.66. The van der Waals surface area contributed by atoms with Crippen LogP contribution in [-0.2, 0) is 4.43 Å². The van der Waals surface area contributed by atoms with Crippen LogP contribution in [0.3, 0.4) is 0 Å². The fourth-order valence-corrected chi connectivity index (χ4v) is 1.26. The first-order chi connectivity index (χ1) is 4.27. The second-order valence-corrected chi connectivity index (χ2v) is 5.16. The van der Waals surface area contributed by atoms with Crippen molar-refractivity contribution < 1.29 is 4.43 Å². The number of hydrogen-bond donors (Lipinski definition) is 0. The van der Waals surface area contributed by atoms with Crippen molar-refractivity contribution in [1.82, 2.24) is 0 Å². The minimum absolute atomic E-state index is 0.717. The van der Waals surface area contributed by atoms with Gasteiger partial charge in [0.1, 0.15) is 0 Å². The van der Waals surface area contributed by atoms with E-state index in [9.17, 15) is 0 Å².